The standard InChI is InChI=1S/C7H15NO3/c1-3-11-6(9)4-7(2,10)5-8/h10H,3-5,8H2,1-2H3/t7-/m1/s1. The van der Waals surface area contributed by atoms with Gasteiger partial charge in [-0.2, -0.15) is 0 Å². The van der Waals surface area contributed by atoms with Crippen LogP contribution in [0.4, 0.5) is 0 Å². The van der Waals surface area contributed by atoms with Crippen LogP contribution in [0, 0.1) is 0 Å². The van der Waals surface area contributed by atoms with E-state index in [9.17, 15) is 9.90 Å². The minimum absolute atomic E-state index is 0.0443. The van der Waals surface area contributed by atoms with E-state index < -0.39 is 11.6 Å². The lowest BCUT2D eigenvalue weighted by atomic mass is 10.0. The van der Waals surface area contributed by atoms with Gasteiger partial charge in [0, 0.05) is 6.54 Å². The Morgan fingerprint density at radius 1 is 1.73 bits per heavy atom. The fraction of sp³-hybridized carbons (Fsp3) is 0.857. The van der Waals surface area contributed by atoms with Gasteiger partial charge in [-0.25, -0.2) is 0 Å². The normalized spacial score (nSPS) is 15.6. The molecule has 4 nitrogen and oxygen atoms in total. The number of carbonyl (C=O) groups excluding carboxylic acids is 1. The molecule has 0 bridgehead atoms. The molecule has 0 rings (SSSR count). The highest BCUT2D eigenvalue weighted by Gasteiger charge is 2.22. The van der Waals surface area contributed by atoms with Crippen molar-refractivity contribution in [3.63, 3.8) is 0 Å². The van der Waals surface area contributed by atoms with E-state index in [1.807, 2.05) is 0 Å². The van der Waals surface area contributed by atoms with Crippen molar-refractivity contribution in [2.24, 2.45) is 5.73 Å². The van der Waals surface area contributed by atoms with Crippen LogP contribution < -0.4 is 5.73 Å². The molecule has 3 N–H and O–H groups in total. The average molecular weight is 161 g/mol. The summed E-state index contributed by atoms with van der Waals surface area (Å²) in [5.41, 5.74) is 4.06. The van der Waals surface area contributed by atoms with E-state index in [4.69, 9.17) is 5.73 Å². The number of aliphatic hydroxyl groups is 1. The van der Waals surface area contributed by atoms with Gasteiger partial charge in [0.15, 0.2) is 0 Å². The lowest BCUT2D eigenvalue weighted by molar-refractivity contribution is -0.147. The van der Waals surface area contributed by atoms with E-state index in [1.54, 1.807) is 6.92 Å². The number of esters is 1. The maximum absolute atomic E-state index is 10.8. The maximum atomic E-state index is 10.8. The molecule has 1 atom stereocenters. The molecule has 0 aliphatic rings. The average Bonchev–Trinajstić information content (AvgIpc) is 1.87. The quantitative estimate of drug-likeness (QED) is 0.553. The molecule has 0 aromatic rings. The first-order valence-electron chi connectivity index (χ1n) is 3.60. The zero-order valence-electron chi connectivity index (χ0n) is 6.96. The number of ether oxygens (including phenoxy) is 1. The molecule has 0 radical (unpaired) electrons. The Kier molecular flexibility index (Phi) is 4.07. The first-order chi connectivity index (χ1) is 5.02. The van der Waals surface area contributed by atoms with Crippen LogP contribution in [0.5, 0.6) is 0 Å². The third-order valence-corrected chi connectivity index (χ3v) is 1.27. The minimum Gasteiger partial charge on any atom is -0.466 e. The number of rotatable bonds is 4. The number of hydrogen-bond donors (Lipinski definition) is 2. The second-order valence-electron chi connectivity index (χ2n) is 2.68. The maximum Gasteiger partial charge on any atom is 0.308 e. The lowest BCUT2D eigenvalue weighted by Crippen LogP contribution is -2.37. The SMILES string of the molecule is CCOC(=O)C[C@@](C)(O)CN. The highest BCUT2D eigenvalue weighted by molar-refractivity contribution is 5.70. The number of nitrogens with two attached hydrogens (primary N) is 1. The van der Waals surface area contributed by atoms with Crippen molar-refractivity contribution >= 4 is 5.97 Å². The van der Waals surface area contributed by atoms with Crippen molar-refractivity contribution in [1.29, 1.82) is 0 Å². The summed E-state index contributed by atoms with van der Waals surface area (Å²) in [6.45, 7) is 3.62. The first kappa shape index (κ1) is 10.4. The molecule has 0 aliphatic heterocycles. The van der Waals surface area contributed by atoms with E-state index >= 15 is 0 Å². The van der Waals surface area contributed by atoms with Crippen LogP contribution in [-0.2, 0) is 9.53 Å². The summed E-state index contributed by atoms with van der Waals surface area (Å²) >= 11 is 0. The molecular formula is C7H15NO3. The van der Waals surface area contributed by atoms with E-state index in [0.717, 1.165) is 0 Å². The van der Waals surface area contributed by atoms with Crippen LogP contribution in [0.3, 0.4) is 0 Å². The van der Waals surface area contributed by atoms with Gasteiger partial charge in [0.05, 0.1) is 18.6 Å². The van der Waals surface area contributed by atoms with Gasteiger partial charge in [-0.1, -0.05) is 0 Å². The summed E-state index contributed by atoms with van der Waals surface area (Å²) in [7, 11) is 0. The number of carbonyl (C=O) groups is 1. The summed E-state index contributed by atoms with van der Waals surface area (Å²) < 4.78 is 4.63. The summed E-state index contributed by atoms with van der Waals surface area (Å²) in [6.07, 6.45) is -0.0443. The van der Waals surface area contributed by atoms with Gasteiger partial charge in [0.25, 0.3) is 0 Å². The minimum atomic E-state index is -1.13. The van der Waals surface area contributed by atoms with Crippen molar-refractivity contribution in [2.45, 2.75) is 25.9 Å². The van der Waals surface area contributed by atoms with E-state index in [0.29, 0.717) is 6.61 Å². The monoisotopic (exact) mass is 161 g/mol. The van der Waals surface area contributed by atoms with E-state index in [2.05, 4.69) is 4.74 Å². The van der Waals surface area contributed by atoms with Crippen LogP contribution in [0.15, 0.2) is 0 Å². The Morgan fingerprint density at radius 3 is 2.64 bits per heavy atom. The second kappa shape index (κ2) is 4.31. The zero-order chi connectivity index (χ0) is 8.91. The Balaban J connectivity index is 3.74. The van der Waals surface area contributed by atoms with Crippen molar-refractivity contribution in [2.75, 3.05) is 13.2 Å². The van der Waals surface area contributed by atoms with Gasteiger partial charge in [0.1, 0.15) is 0 Å². The summed E-state index contributed by atoms with van der Waals surface area (Å²) in [4.78, 5) is 10.8. The highest BCUT2D eigenvalue weighted by atomic mass is 16.5. The van der Waals surface area contributed by atoms with E-state index in [1.165, 1.54) is 6.92 Å². The summed E-state index contributed by atoms with van der Waals surface area (Å²) in [5.74, 6) is -0.414. The molecule has 66 valence electrons. The van der Waals surface area contributed by atoms with Crippen molar-refractivity contribution in [3.8, 4) is 0 Å². The van der Waals surface area contributed by atoms with Gasteiger partial charge in [0.2, 0.25) is 0 Å². The molecule has 0 unspecified atom stereocenters. The Morgan fingerprint density at radius 2 is 2.27 bits per heavy atom. The first-order valence-corrected chi connectivity index (χ1v) is 3.60. The van der Waals surface area contributed by atoms with Gasteiger partial charge in [-0.15, -0.1) is 0 Å². The molecule has 0 fully saturated rings. The fourth-order valence-electron chi connectivity index (χ4n) is 0.595. The van der Waals surface area contributed by atoms with Crippen LogP contribution >= 0.6 is 0 Å². The van der Waals surface area contributed by atoms with Gasteiger partial charge < -0.3 is 15.6 Å². The Bertz CT molecular complexity index is 134. The topological polar surface area (TPSA) is 72.5 Å². The van der Waals surface area contributed by atoms with Crippen LogP contribution in [0.25, 0.3) is 0 Å². The molecule has 0 aromatic heterocycles. The fourth-order valence-corrected chi connectivity index (χ4v) is 0.595. The molecule has 0 saturated heterocycles. The Hall–Kier alpha value is -0.610. The molecule has 0 amide bonds. The van der Waals surface area contributed by atoms with Gasteiger partial charge >= 0.3 is 5.97 Å². The third-order valence-electron chi connectivity index (χ3n) is 1.27. The zero-order valence-corrected chi connectivity index (χ0v) is 6.96. The molecule has 0 spiro atoms. The van der Waals surface area contributed by atoms with Crippen LogP contribution in [0.1, 0.15) is 20.3 Å². The van der Waals surface area contributed by atoms with Gasteiger partial charge in [-0.05, 0) is 13.8 Å². The predicted octanol–water partition coefficient (Wildman–Crippen LogP) is -0.351. The largest absolute Gasteiger partial charge is 0.466 e. The predicted molar refractivity (Wildman–Crippen MR) is 40.9 cm³/mol. The van der Waals surface area contributed by atoms with Crippen molar-refractivity contribution < 1.29 is 14.6 Å². The summed E-state index contributed by atoms with van der Waals surface area (Å²) in [5, 5.41) is 9.29. The van der Waals surface area contributed by atoms with Crippen LogP contribution in [-0.4, -0.2) is 29.8 Å². The van der Waals surface area contributed by atoms with Gasteiger partial charge in [-0.3, -0.25) is 4.79 Å². The molecule has 0 saturated carbocycles. The van der Waals surface area contributed by atoms with Crippen molar-refractivity contribution in [3.05, 3.63) is 0 Å². The lowest BCUT2D eigenvalue weighted by Gasteiger charge is -2.18. The smallest absolute Gasteiger partial charge is 0.308 e. The van der Waals surface area contributed by atoms with Crippen molar-refractivity contribution in [1.82, 2.24) is 0 Å². The molecule has 0 aromatic carbocycles. The Labute approximate surface area is 66.3 Å². The third kappa shape index (κ3) is 4.75. The molecule has 0 heterocycles. The molecule has 0 aliphatic carbocycles. The number of hydrogen-bond acceptors (Lipinski definition) is 4. The van der Waals surface area contributed by atoms with Crippen LogP contribution in [0.2, 0.25) is 0 Å². The molecular weight excluding hydrogens is 146 g/mol. The van der Waals surface area contributed by atoms with E-state index in [-0.39, 0.29) is 13.0 Å². The molecule has 11 heavy (non-hydrogen) atoms. The highest BCUT2D eigenvalue weighted by Crippen LogP contribution is 2.07. The second-order valence-corrected chi connectivity index (χ2v) is 2.68. The summed E-state index contributed by atoms with van der Waals surface area (Å²) in [6, 6.07) is 0. The molecule has 4 heteroatoms.